The van der Waals surface area contributed by atoms with E-state index in [0.29, 0.717) is 5.02 Å². The quantitative estimate of drug-likeness (QED) is 0.805. The molecule has 106 valence electrons. The minimum Gasteiger partial charge on any atom is -0.348 e. The molecule has 0 aromatic heterocycles. The number of carbonyl (C=O) groups is 1. The number of amides is 1. The Morgan fingerprint density at radius 1 is 1.32 bits per heavy atom. The molecular weight excluding hydrogens is 260 g/mol. The van der Waals surface area contributed by atoms with Crippen molar-refractivity contribution in [3.05, 3.63) is 34.9 Å². The molecule has 0 heterocycles. The van der Waals surface area contributed by atoms with Crippen LogP contribution in [0.25, 0.3) is 0 Å². The molecule has 4 heteroatoms. The molecular formula is C15H23ClN2O. The van der Waals surface area contributed by atoms with E-state index in [-0.39, 0.29) is 11.9 Å². The maximum absolute atomic E-state index is 12.0. The summed E-state index contributed by atoms with van der Waals surface area (Å²) in [6.07, 6.45) is 3.59. The number of carbonyl (C=O) groups excluding carboxylic acids is 1. The summed E-state index contributed by atoms with van der Waals surface area (Å²) in [4.78, 5) is 12.0. The van der Waals surface area contributed by atoms with Gasteiger partial charge in [-0.2, -0.15) is 0 Å². The van der Waals surface area contributed by atoms with Gasteiger partial charge < -0.3 is 11.1 Å². The van der Waals surface area contributed by atoms with Crippen LogP contribution in [0.2, 0.25) is 5.02 Å². The molecule has 0 aliphatic heterocycles. The van der Waals surface area contributed by atoms with Gasteiger partial charge in [0.05, 0.1) is 12.1 Å². The molecule has 1 amide bonds. The molecule has 1 rings (SSSR count). The van der Waals surface area contributed by atoms with E-state index in [9.17, 15) is 4.79 Å². The van der Waals surface area contributed by atoms with E-state index in [2.05, 4.69) is 12.2 Å². The van der Waals surface area contributed by atoms with E-state index in [4.69, 9.17) is 17.3 Å². The van der Waals surface area contributed by atoms with Crippen molar-refractivity contribution in [2.75, 3.05) is 0 Å². The van der Waals surface area contributed by atoms with Gasteiger partial charge in [-0.1, -0.05) is 50.4 Å². The predicted molar refractivity (Wildman–Crippen MR) is 80.1 cm³/mol. The number of hydrogen-bond acceptors (Lipinski definition) is 2. The third kappa shape index (κ3) is 5.21. The number of unbranched alkanes of at least 4 members (excludes halogenated alkanes) is 1. The van der Waals surface area contributed by atoms with E-state index < -0.39 is 6.04 Å². The zero-order valence-corrected chi connectivity index (χ0v) is 12.4. The summed E-state index contributed by atoms with van der Waals surface area (Å²) in [6, 6.07) is 7.13. The highest BCUT2D eigenvalue weighted by molar-refractivity contribution is 6.30. The lowest BCUT2D eigenvalue weighted by Crippen LogP contribution is -2.42. The minimum atomic E-state index is -0.415. The lowest BCUT2D eigenvalue weighted by atomic mass is 10.0. The molecule has 0 aliphatic carbocycles. The first-order valence-corrected chi connectivity index (χ1v) is 7.27. The Morgan fingerprint density at radius 3 is 2.47 bits per heavy atom. The molecule has 19 heavy (non-hydrogen) atoms. The molecule has 1 aromatic rings. The number of rotatable bonds is 7. The van der Waals surface area contributed by atoms with Gasteiger partial charge in [-0.15, -0.1) is 0 Å². The highest BCUT2D eigenvalue weighted by Crippen LogP contribution is 2.19. The molecule has 0 spiro atoms. The van der Waals surface area contributed by atoms with Crippen molar-refractivity contribution in [3.8, 4) is 0 Å². The Bertz CT molecular complexity index is 392. The molecule has 3 nitrogen and oxygen atoms in total. The second kappa shape index (κ2) is 8.18. The van der Waals surface area contributed by atoms with Crippen molar-refractivity contribution in [2.45, 2.75) is 51.6 Å². The Hall–Kier alpha value is -1.06. The largest absolute Gasteiger partial charge is 0.348 e. The smallest absolute Gasteiger partial charge is 0.237 e. The topological polar surface area (TPSA) is 55.1 Å². The standard InChI is InChI=1S/C15H23ClN2O/c1-3-5-6-13(17)15(19)18-14(4-2)11-7-9-12(16)10-8-11/h7-10,13-14H,3-6,17H2,1-2H3,(H,18,19)/t13-,14?/m0/s1. The van der Waals surface area contributed by atoms with Gasteiger partial charge in [0, 0.05) is 5.02 Å². The van der Waals surface area contributed by atoms with Gasteiger partial charge >= 0.3 is 0 Å². The molecule has 0 bridgehead atoms. The van der Waals surface area contributed by atoms with Crippen molar-refractivity contribution >= 4 is 17.5 Å². The Balaban J connectivity index is 2.61. The van der Waals surface area contributed by atoms with Crippen LogP contribution in [0.3, 0.4) is 0 Å². The van der Waals surface area contributed by atoms with Gasteiger partial charge in [-0.05, 0) is 30.5 Å². The van der Waals surface area contributed by atoms with Gasteiger partial charge in [-0.25, -0.2) is 0 Å². The van der Waals surface area contributed by atoms with Gasteiger partial charge in [0.2, 0.25) is 5.91 Å². The highest BCUT2D eigenvalue weighted by atomic mass is 35.5. The second-order valence-electron chi connectivity index (χ2n) is 4.77. The summed E-state index contributed by atoms with van der Waals surface area (Å²) in [5.74, 6) is -0.0738. The number of nitrogens with one attached hydrogen (secondary N) is 1. The Morgan fingerprint density at radius 2 is 1.95 bits per heavy atom. The van der Waals surface area contributed by atoms with Gasteiger partial charge in [0.1, 0.15) is 0 Å². The monoisotopic (exact) mass is 282 g/mol. The van der Waals surface area contributed by atoms with Gasteiger partial charge in [0.25, 0.3) is 0 Å². The average Bonchev–Trinajstić information content (AvgIpc) is 2.42. The van der Waals surface area contributed by atoms with E-state index in [1.165, 1.54) is 0 Å². The van der Waals surface area contributed by atoms with Crippen LogP contribution in [0.1, 0.15) is 51.1 Å². The molecule has 3 N–H and O–H groups in total. The summed E-state index contributed by atoms with van der Waals surface area (Å²) >= 11 is 5.87. The number of halogens is 1. The maximum atomic E-state index is 12.0. The molecule has 1 aromatic carbocycles. The van der Waals surface area contributed by atoms with Gasteiger partial charge in [0.15, 0.2) is 0 Å². The Labute approximate surface area is 120 Å². The second-order valence-corrected chi connectivity index (χ2v) is 5.21. The zero-order valence-electron chi connectivity index (χ0n) is 11.7. The van der Waals surface area contributed by atoms with Crippen LogP contribution in [0.4, 0.5) is 0 Å². The normalized spacial score (nSPS) is 13.9. The summed E-state index contributed by atoms with van der Waals surface area (Å²) in [5.41, 5.74) is 6.93. The van der Waals surface area contributed by atoms with Crippen molar-refractivity contribution in [1.82, 2.24) is 5.32 Å². The molecule has 2 atom stereocenters. The van der Waals surface area contributed by atoms with Crippen LogP contribution in [0.5, 0.6) is 0 Å². The number of nitrogens with two attached hydrogens (primary N) is 1. The third-order valence-corrected chi connectivity index (χ3v) is 3.45. The van der Waals surface area contributed by atoms with E-state index >= 15 is 0 Å². The molecule has 0 fully saturated rings. The average molecular weight is 283 g/mol. The molecule has 1 unspecified atom stereocenters. The van der Waals surface area contributed by atoms with Crippen molar-refractivity contribution in [1.29, 1.82) is 0 Å². The highest BCUT2D eigenvalue weighted by Gasteiger charge is 2.17. The van der Waals surface area contributed by atoms with Crippen LogP contribution in [-0.2, 0) is 4.79 Å². The molecule has 0 saturated heterocycles. The van der Waals surface area contributed by atoms with Crippen LogP contribution in [0, 0.1) is 0 Å². The van der Waals surface area contributed by atoms with E-state index in [1.54, 1.807) is 0 Å². The maximum Gasteiger partial charge on any atom is 0.237 e. The molecule has 0 aliphatic rings. The lowest BCUT2D eigenvalue weighted by Gasteiger charge is -2.20. The lowest BCUT2D eigenvalue weighted by molar-refractivity contribution is -0.123. The number of benzene rings is 1. The minimum absolute atomic E-state index is 0.00237. The zero-order chi connectivity index (χ0) is 14.3. The van der Waals surface area contributed by atoms with Crippen LogP contribution in [0.15, 0.2) is 24.3 Å². The van der Waals surface area contributed by atoms with E-state index in [0.717, 1.165) is 31.2 Å². The summed E-state index contributed by atoms with van der Waals surface area (Å²) in [7, 11) is 0. The number of hydrogen-bond donors (Lipinski definition) is 2. The predicted octanol–water partition coefficient (Wildman–Crippen LogP) is 3.42. The molecule has 0 radical (unpaired) electrons. The summed E-state index contributed by atoms with van der Waals surface area (Å²) < 4.78 is 0. The van der Waals surface area contributed by atoms with Crippen molar-refractivity contribution < 1.29 is 4.79 Å². The first-order chi connectivity index (χ1) is 9.08. The first-order valence-electron chi connectivity index (χ1n) is 6.89. The summed E-state index contributed by atoms with van der Waals surface area (Å²) in [5, 5.41) is 3.70. The molecule has 0 saturated carbocycles. The van der Waals surface area contributed by atoms with Crippen molar-refractivity contribution in [3.63, 3.8) is 0 Å². The fourth-order valence-corrected chi connectivity index (χ4v) is 2.08. The van der Waals surface area contributed by atoms with Crippen molar-refractivity contribution in [2.24, 2.45) is 5.73 Å². The summed E-state index contributed by atoms with van der Waals surface area (Å²) in [6.45, 7) is 4.13. The SMILES string of the molecule is CCCC[C@H](N)C(=O)NC(CC)c1ccc(Cl)cc1. The van der Waals surface area contributed by atoms with Crippen LogP contribution >= 0.6 is 11.6 Å². The van der Waals surface area contributed by atoms with E-state index in [1.807, 2.05) is 31.2 Å². The fraction of sp³-hybridized carbons (Fsp3) is 0.533. The van der Waals surface area contributed by atoms with Crippen LogP contribution in [-0.4, -0.2) is 11.9 Å². The Kier molecular flexibility index (Phi) is 6.89. The van der Waals surface area contributed by atoms with Crippen LogP contribution < -0.4 is 11.1 Å². The third-order valence-electron chi connectivity index (χ3n) is 3.20. The first kappa shape index (κ1) is 16.0. The van der Waals surface area contributed by atoms with Gasteiger partial charge in [-0.3, -0.25) is 4.79 Å². The fourth-order valence-electron chi connectivity index (χ4n) is 1.95.